The van der Waals surface area contributed by atoms with Gasteiger partial charge in [0, 0.05) is 25.1 Å². The first-order chi connectivity index (χ1) is 10.2. The van der Waals surface area contributed by atoms with E-state index in [1.807, 2.05) is 6.07 Å². The van der Waals surface area contributed by atoms with Crippen LogP contribution in [0.1, 0.15) is 43.7 Å². The molecule has 0 bridgehead atoms. The van der Waals surface area contributed by atoms with Gasteiger partial charge in [0.15, 0.2) is 0 Å². The summed E-state index contributed by atoms with van der Waals surface area (Å²) in [7, 11) is 0. The third-order valence-electron chi connectivity index (χ3n) is 4.01. The number of piperidine rings is 1. The van der Waals surface area contributed by atoms with E-state index in [0.717, 1.165) is 31.1 Å². The van der Waals surface area contributed by atoms with E-state index in [9.17, 15) is 4.39 Å². The lowest BCUT2D eigenvalue weighted by Crippen LogP contribution is -2.34. The summed E-state index contributed by atoms with van der Waals surface area (Å²) < 4.78 is 13.7. The molecular weight excluding hydrogens is 265 g/mol. The van der Waals surface area contributed by atoms with Crippen LogP contribution in [0.3, 0.4) is 0 Å². The Morgan fingerprint density at radius 1 is 1.38 bits per heavy atom. The van der Waals surface area contributed by atoms with E-state index in [4.69, 9.17) is 5.11 Å². The summed E-state index contributed by atoms with van der Waals surface area (Å²) >= 11 is 0. The Balaban J connectivity index is 2.04. The molecule has 114 valence electrons. The van der Waals surface area contributed by atoms with Crippen LogP contribution in [0, 0.1) is 23.6 Å². The van der Waals surface area contributed by atoms with Crippen molar-refractivity contribution >= 4 is 0 Å². The van der Waals surface area contributed by atoms with Crippen LogP contribution in [0.5, 0.6) is 0 Å². The van der Waals surface area contributed by atoms with Crippen LogP contribution >= 0.6 is 0 Å². The van der Waals surface area contributed by atoms with Crippen LogP contribution in [-0.2, 0) is 6.54 Å². The van der Waals surface area contributed by atoms with Gasteiger partial charge in [-0.25, -0.2) is 4.39 Å². The maximum Gasteiger partial charge on any atom is 0.124 e. The molecule has 1 unspecified atom stereocenters. The van der Waals surface area contributed by atoms with Gasteiger partial charge in [-0.1, -0.05) is 25.2 Å². The second-order valence-corrected chi connectivity index (χ2v) is 5.78. The molecule has 3 heteroatoms. The average molecular weight is 289 g/mol. The van der Waals surface area contributed by atoms with Gasteiger partial charge in [0.25, 0.3) is 0 Å². The number of nitrogens with zero attached hydrogens (tertiary/aromatic N) is 1. The van der Waals surface area contributed by atoms with Gasteiger partial charge < -0.3 is 5.11 Å². The first-order valence-corrected chi connectivity index (χ1v) is 7.82. The third kappa shape index (κ3) is 5.15. The van der Waals surface area contributed by atoms with Crippen molar-refractivity contribution in [2.75, 3.05) is 19.7 Å². The van der Waals surface area contributed by atoms with Crippen molar-refractivity contribution in [1.82, 2.24) is 4.90 Å². The van der Waals surface area contributed by atoms with Crippen molar-refractivity contribution in [2.24, 2.45) is 5.92 Å². The summed E-state index contributed by atoms with van der Waals surface area (Å²) in [6.07, 6.45) is 4.19. The second kappa shape index (κ2) is 8.17. The first-order valence-electron chi connectivity index (χ1n) is 7.82. The number of hydrogen-bond donors (Lipinski definition) is 1. The Labute approximate surface area is 127 Å². The molecule has 0 amide bonds. The predicted molar refractivity (Wildman–Crippen MR) is 83.3 cm³/mol. The molecule has 0 spiro atoms. The zero-order valence-corrected chi connectivity index (χ0v) is 12.7. The molecule has 1 aliphatic heterocycles. The number of likely N-dealkylation sites (tertiary alicyclic amines) is 1. The first kappa shape index (κ1) is 16.0. The summed E-state index contributed by atoms with van der Waals surface area (Å²) in [6.45, 7) is 5.28. The summed E-state index contributed by atoms with van der Waals surface area (Å²) in [5.41, 5.74) is 1.68. The highest BCUT2D eigenvalue weighted by Crippen LogP contribution is 2.21. The van der Waals surface area contributed by atoms with Gasteiger partial charge in [0.2, 0.25) is 0 Å². The predicted octanol–water partition coefficient (Wildman–Crippen LogP) is 3.18. The fourth-order valence-electron chi connectivity index (χ4n) is 2.92. The van der Waals surface area contributed by atoms with Gasteiger partial charge in [0.05, 0.1) is 6.61 Å². The van der Waals surface area contributed by atoms with Crippen molar-refractivity contribution < 1.29 is 9.50 Å². The highest BCUT2D eigenvalue weighted by molar-refractivity contribution is 5.37. The topological polar surface area (TPSA) is 23.5 Å². The molecule has 1 heterocycles. The Hall–Kier alpha value is -1.37. The zero-order valence-electron chi connectivity index (χ0n) is 12.7. The van der Waals surface area contributed by atoms with E-state index in [1.165, 1.54) is 25.3 Å². The van der Waals surface area contributed by atoms with Crippen molar-refractivity contribution in [2.45, 2.75) is 39.2 Å². The second-order valence-electron chi connectivity index (χ2n) is 5.78. The van der Waals surface area contributed by atoms with Gasteiger partial charge in [-0.3, -0.25) is 4.90 Å². The fraction of sp³-hybridized carbons (Fsp3) is 0.556. The van der Waals surface area contributed by atoms with Crippen LogP contribution in [0.25, 0.3) is 0 Å². The number of rotatable bonds is 4. The summed E-state index contributed by atoms with van der Waals surface area (Å²) in [6, 6.07) is 5.02. The van der Waals surface area contributed by atoms with Crippen LogP contribution in [0.2, 0.25) is 0 Å². The lowest BCUT2D eigenvalue weighted by molar-refractivity contribution is 0.164. The number of hydrogen-bond acceptors (Lipinski definition) is 2. The molecule has 0 radical (unpaired) electrons. The van der Waals surface area contributed by atoms with Crippen LogP contribution in [0.15, 0.2) is 18.2 Å². The average Bonchev–Trinajstić information content (AvgIpc) is 2.47. The number of halogens is 1. The summed E-state index contributed by atoms with van der Waals surface area (Å²) in [5.74, 6) is 6.30. The normalized spacial score (nSPS) is 19.1. The molecule has 1 aromatic carbocycles. The Morgan fingerprint density at radius 2 is 2.24 bits per heavy atom. The highest BCUT2D eigenvalue weighted by Gasteiger charge is 2.18. The lowest BCUT2D eigenvalue weighted by atomic mass is 9.95. The van der Waals surface area contributed by atoms with Crippen LogP contribution in [0.4, 0.5) is 4.39 Å². The SMILES string of the molecule is CCC1CCCN(Cc2cc(F)cc(C#CCCO)c2)C1. The maximum atomic E-state index is 13.7. The van der Waals surface area contributed by atoms with E-state index in [0.29, 0.717) is 12.0 Å². The van der Waals surface area contributed by atoms with Crippen molar-refractivity contribution in [3.63, 3.8) is 0 Å². The minimum Gasteiger partial charge on any atom is -0.395 e. The Morgan fingerprint density at radius 3 is 3.00 bits per heavy atom. The summed E-state index contributed by atoms with van der Waals surface area (Å²) in [4.78, 5) is 2.41. The van der Waals surface area contributed by atoms with E-state index in [1.54, 1.807) is 6.07 Å². The van der Waals surface area contributed by atoms with E-state index in [2.05, 4.69) is 23.7 Å². The van der Waals surface area contributed by atoms with Crippen LogP contribution in [-0.4, -0.2) is 29.7 Å². The molecule has 2 rings (SSSR count). The molecule has 1 saturated heterocycles. The molecule has 0 aromatic heterocycles. The van der Waals surface area contributed by atoms with Crippen molar-refractivity contribution in [1.29, 1.82) is 0 Å². The summed E-state index contributed by atoms with van der Waals surface area (Å²) in [5, 5.41) is 8.73. The molecule has 21 heavy (non-hydrogen) atoms. The van der Waals surface area contributed by atoms with E-state index >= 15 is 0 Å². The molecule has 1 fully saturated rings. The molecule has 1 aromatic rings. The lowest BCUT2D eigenvalue weighted by Gasteiger charge is -2.32. The van der Waals surface area contributed by atoms with E-state index < -0.39 is 0 Å². The van der Waals surface area contributed by atoms with Gasteiger partial charge in [-0.15, -0.1) is 0 Å². The van der Waals surface area contributed by atoms with E-state index in [-0.39, 0.29) is 12.4 Å². The molecule has 1 N–H and O–H groups in total. The third-order valence-corrected chi connectivity index (χ3v) is 4.01. The minimum atomic E-state index is -0.232. The smallest absolute Gasteiger partial charge is 0.124 e. The Bertz CT molecular complexity index is 518. The molecule has 1 aliphatic rings. The van der Waals surface area contributed by atoms with Crippen LogP contribution < -0.4 is 0 Å². The van der Waals surface area contributed by atoms with Gasteiger partial charge in [-0.05, 0) is 49.1 Å². The minimum absolute atomic E-state index is 0.0430. The highest BCUT2D eigenvalue weighted by atomic mass is 19.1. The largest absolute Gasteiger partial charge is 0.395 e. The molecule has 2 nitrogen and oxygen atoms in total. The molecule has 0 aliphatic carbocycles. The number of aliphatic hydroxyl groups is 1. The molecule has 0 saturated carbocycles. The molecular formula is C18H24FNO. The monoisotopic (exact) mass is 289 g/mol. The van der Waals surface area contributed by atoms with Crippen molar-refractivity contribution in [3.05, 3.63) is 35.1 Å². The standard InChI is InChI=1S/C18H24FNO/c1-2-15-7-5-8-20(13-15)14-17-10-16(6-3-4-9-21)11-18(19)12-17/h10-12,15,21H,2,4-5,7-9,13-14H2,1H3. The van der Waals surface area contributed by atoms with Gasteiger partial charge in [0.1, 0.15) is 5.82 Å². The number of aliphatic hydroxyl groups excluding tert-OH is 1. The Kier molecular flexibility index (Phi) is 6.22. The molecule has 1 atom stereocenters. The fourth-order valence-corrected chi connectivity index (χ4v) is 2.92. The quantitative estimate of drug-likeness (QED) is 0.861. The van der Waals surface area contributed by atoms with Gasteiger partial charge in [-0.2, -0.15) is 0 Å². The zero-order chi connectivity index (χ0) is 15.1. The van der Waals surface area contributed by atoms with Crippen molar-refractivity contribution in [3.8, 4) is 11.8 Å². The van der Waals surface area contributed by atoms with Gasteiger partial charge >= 0.3 is 0 Å². The number of benzene rings is 1. The maximum absolute atomic E-state index is 13.7.